The minimum atomic E-state index is 0.514. The van der Waals surface area contributed by atoms with Gasteiger partial charge in [-0.2, -0.15) is 0 Å². The molecule has 1 aliphatic heterocycles. The van der Waals surface area contributed by atoms with Crippen molar-refractivity contribution in [1.82, 2.24) is 10.3 Å². The highest BCUT2D eigenvalue weighted by Crippen LogP contribution is 2.12. The second-order valence-electron chi connectivity index (χ2n) is 4.09. The third kappa shape index (κ3) is 3.20. The molecule has 1 saturated heterocycles. The van der Waals surface area contributed by atoms with Gasteiger partial charge in [0.15, 0.2) is 0 Å². The molecule has 1 atom stereocenters. The molecule has 3 heteroatoms. The fourth-order valence-corrected chi connectivity index (χ4v) is 1.80. The summed E-state index contributed by atoms with van der Waals surface area (Å²) < 4.78 is 5.68. The van der Waals surface area contributed by atoms with Gasteiger partial charge in [0.1, 0.15) is 12.4 Å². The van der Waals surface area contributed by atoms with Crippen molar-refractivity contribution in [2.75, 3.05) is 13.2 Å². The summed E-state index contributed by atoms with van der Waals surface area (Å²) in [7, 11) is 0. The lowest BCUT2D eigenvalue weighted by Crippen LogP contribution is -2.38. The second kappa shape index (κ2) is 5.12. The average molecular weight is 206 g/mol. The Hall–Kier alpha value is -1.09. The summed E-state index contributed by atoms with van der Waals surface area (Å²) in [6.45, 7) is 3.86. The summed E-state index contributed by atoms with van der Waals surface area (Å²) in [5, 5.41) is 3.46. The van der Waals surface area contributed by atoms with Crippen molar-refractivity contribution < 1.29 is 4.74 Å². The van der Waals surface area contributed by atoms with Gasteiger partial charge in [0.2, 0.25) is 0 Å². The van der Waals surface area contributed by atoms with E-state index in [4.69, 9.17) is 4.74 Å². The van der Waals surface area contributed by atoms with Crippen LogP contribution in [0.15, 0.2) is 18.3 Å². The molecule has 0 amide bonds. The van der Waals surface area contributed by atoms with Gasteiger partial charge in [-0.15, -0.1) is 0 Å². The van der Waals surface area contributed by atoms with Gasteiger partial charge in [-0.3, -0.25) is 4.98 Å². The predicted molar refractivity (Wildman–Crippen MR) is 60.1 cm³/mol. The first-order valence-corrected chi connectivity index (χ1v) is 5.63. The first kappa shape index (κ1) is 10.4. The number of nitrogens with one attached hydrogen (secondary N) is 1. The van der Waals surface area contributed by atoms with Gasteiger partial charge in [0, 0.05) is 11.7 Å². The van der Waals surface area contributed by atoms with E-state index in [0.717, 1.165) is 24.6 Å². The molecule has 82 valence electrons. The number of pyridine rings is 1. The lowest BCUT2D eigenvalue weighted by Gasteiger charge is -2.23. The van der Waals surface area contributed by atoms with Gasteiger partial charge < -0.3 is 10.1 Å². The van der Waals surface area contributed by atoms with Crippen LogP contribution in [0, 0.1) is 6.92 Å². The van der Waals surface area contributed by atoms with Crippen molar-refractivity contribution in [2.24, 2.45) is 0 Å². The molecule has 0 aliphatic carbocycles. The molecule has 1 unspecified atom stereocenters. The van der Waals surface area contributed by atoms with Crippen molar-refractivity contribution in [2.45, 2.75) is 32.2 Å². The van der Waals surface area contributed by atoms with Crippen molar-refractivity contribution in [1.29, 1.82) is 0 Å². The molecular weight excluding hydrogens is 188 g/mol. The molecule has 1 fully saturated rings. The van der Waals surface area contributed by atoms with Gasteiger partial charge in [-0.05, 0) is 38.4 Å². The molecule has 2 heterocycles. The van der Waals surface area contributed by atoms with Crippen molar-refractivity contribution in [3.05, 3.63) is 24.0 Å². The minimum absolute atomic E-state index is 0.514. The predicted octanol–water partition coefficient (Wildman–Crippen LogP) is 1.91. The maximum atomic E-state index is 5.68. The minimum Gasteiger partial charge on any atom is -0.490 e. The monoisotopic (exact) mass is 206 g/mol. The lowest BCUT2D eigenvalue weighted by atomic mass is 10.1. The summed E-state index contributed by atoms with van der Waals surface area (Å²) in [6, 6.07) is 4.47. The Bertz CT molecular complexity index is 291. The van der Waals surface area contributed by atoms with Crippen molar-refractivity contribution >= 4 is 0 Å². The summed E-state index contributed by atoms with van der Waals surface area (Å²) in [5.74, 6) is 0.868. The summed E-state index contributed by atoms with van der Waals surface area (Å²) >= 11 is 0. The molecule has 0 saturated carbocycles. The van der Waals surface area contributed by atoms with Gasteiger partial charge in [-0.1, -0.05) is 6.42 Å². The number of rotatable bonds is 3. The van der Waals surface area contributed by atoms with E-state index in [0.29, 0.717) is 6.04 Å². The van der Waals surface area contributed by atoms with E-state index >= 15 is 0 Å². The van der Waals surface area contributed by atoms with E-state index in [2.05, 4.69) is 10.3 Å². The van der Waals surface area contributed by atoms with E-state index in [1.807, 2.05) is 19.1 Å². The quantitative estimate of drug-likeness (QED) is 0.820. The number of hydrogen-bond donors (Lipinski definition) is 1. The molecule has 1 aromatic heterocycles. The molecule has 3 nitrogen and oxygen atoms in total. The zero-order chi connectivity index (χ0) is 10.5. The molecule has 1 aliphatic rings. The molecule has 0 aromatic carbocycles. The summed E-state index contributed by atoms with van der Waals surface area (Å²) in [4.78, 5) is 4.20. The van der Waals surface area contributed by atoms with E-state index < -0.39 is 0 Å². The number of hydrogen-bond acceptors (Lipinski definition) is 3. The maximum Gasteiger partial charge on any atom is 0.137 e. The number of aryl methyl sites for hydroxylation is 1. The lowest BCUT2D eigenvalue weighted by molar-refractivity contribution is 0.238. The van der Waals surface area contributed by atoms with Gasteiger partial charge in [-0.25, -0.2) is 0 Å². The number of ether oxygens (including phenoxy) is 1. The Morgan fingerprint density at radius 2 is 2.40 bits per heavy atom. The van der Waals surface area contributed by atoms with Crippen LogP contribution in [0.1, 0.15) is 25.0 Å². The maximum absolute atomic E-state index is 5.68. The molecule has 1 aromatic rings. The zero-order valence-electron chi connectivity index (χ0n) is 9.20. The first-order valence-electron chi connectivity index (χ1n) is 5.63. The molecule has 0 radical (unpaired) electrons. The van der Waals surface area contributed by atoms with Crippen LogP contribution in [0.5, 0.6) is 5.75 Å². The Labute approximate surface area is 90.9 Å². The van der Waals surface area contributed by atoms with Crippen LogP contribution in [0.3, 0.4) is 0 Å². The van der Waals surface area contributed by atoms with Crippen LogP contribution in [-0.2, 0) is 0 Å². The smallest absolute Gasteiger partial charge is 0.137 e. The summed E-state index contributed by atoms with van der Waals surface area (Å²) in [6.07, 6.45) is 5.62. The number of nitrogens with zero attached hydrogens (tertiary/aromatic N) is 1. The highest BCUT2D eigenvalue weighted by Gasteiger charge is 2.12. The normalized spacial score (nSPS) is 21.3. The van der Waals surface area contributed by atoms with Crippen LogP contribution in [0.4, 0.5) is 0 Å². The molecule has 1 N–H and O–H groups in total. The number of piperidine rings is 1. The Morgan fingerprint density at radius 1 is 1.47 bits per heavy atom. The molecule has 0 bridgehead atoms. The fourth-order valence-electron chi connectivity index (χ4n) is 1.80. The molecular formula is C12H18N2O. The van der Waals surface area contributed by atoms with Crippen molar-refractivity contribution in [3.63, 3.8) is 0 Å². The highest BCUT2D eigenvalue weighted by atomic mass is 16.5. The third-order valence-corrected chi connectivity index (χ3v) is 2.75. The van der Waals surface area contributed by atoms with Crippen molar-refractivity contribution in [3.8, 4) is 5.75 Å². The molecule has 0 spiro atoms. The summed E-state index contributed by atoms with van der Waals surface area (Å²) in [5.41, 5.74) is 1.03. The van der Waals surface area contributed by atoms with E-state index in [9.17, 15) is 0 Å². The standard InChI is InChI=1S/C12H18N2O/c1-10-5-6-12(8-14-10)15-9-11-4-2-3-7-13-11/h5-6,8,11,13H,2-4,7,9H2,1H3. The molecule has 15 heavy (non-hydrogen) atoms. The van der Waals surface area contributed by atoms with Crippen LogP contribution in [0.2, 0.25) is 0 Å². The zero-order valence-corrected chi connectivity index (χ0v) is 9.20. The second-order valence-corrected chi connectivity index (χ2v) is 4.09. The van der Waals surface area contributed by atoms with Crippen LogP contribution in [0.25, 0.3) is 0 Å². The highest BCUT2D eigenvalue weighted by molar-refractivity contribution is 5.19. The van der Waals surface area contributed by atoms with Gasteiger partial charge in [0.25, 0.3) is 0 Å². The van der Waals surface area contributed by atoms with Gasteiger partial charge in [0.05, 0.1) is 6.20 Å². The van der Waals surface area contributed by atoms with E-state index in [-0.39, 0.29) is 0 Å². The topological polar surface area (TPSA) is 34.1 Å². The Morgan fingerprint density at radius 3 is 3.07 bits per heavy atom. The van der Waals surface area contributed by atoms with Gasteiger partial charge >= 0.3 is 0 Å². The van der Waals surface area contributed by atoms with Crippen LogP contribution >= 0.6 is 0 Å². The average Bonchev–Trinajstić information content (AvgIpc) is 2.30. The Balaban J connectivity index is 1.79. The van der Waals surface area contributed by atoms with E-state index in [1.54, 1.807) is 6.20 Å². The molecule has 2 rings (SSSR count). The fraction of sp³-hybridized carbons (Fsp3) is 0.583. The van der Waals surface area contributed by atoms with Crippen LogP contribution < -0.4 is 10.1 Å². The third-order valence-electron chi connectivity index (χ3n) is 2.75. The van der Waals surface area contributed by atoms with Crippen LogP contribution in [-0.4, -0.2) is 24.2 Å². The first-order chi connectivity index (χ1) is 7.34. The number of aromatic nitrogens is 1. The SMILES string of the molecule is Cc1ccc(OCC2CCCCN2)cn1. The Kier molecular flexibility index (Phi) is 3.56. The largest absolute Gasteiger partial charge is 0.490 e. The van der Waals surface area contributed by atoms with E-state index in [1.165, 1.54) is 19.3 Å².